The zero-order valence-electron chi connectivity index (χ0n) is 12.4. The third-order valence-electron chi connectivity index (χ3n) is 4.73. The van der Waals surface area contributed by atoms with Gasteiger partial charge < -0.3 is 5.11 Å². The Morgan fingerprint density at radius 3 is 2.60 bits per heavy atom. The van der Waals surface area contributed by atoms with E-state index in [1.807, 2.05) is 6.92 Å². The molecule has 0 saturated heterocycles. The molecule has 1 saturated carbocycles. The van der Waals surface area contributed by atoms with Gasteiger partial charge in [-0.15, -0.1) is 0 Å². The topological polar surface area (TPSA) is 76.2 Å². The Hall–Kier alpha value is -1.39. The molecule has 1 aliphatic rings. The van der Waals surface area contributed by atoms with Crippen LogP contribution in [-0.2, 0) is 11.2 Å². The lowest BCUT2D eigenvalue weighted by atomic mass is 9.67. The van der Waals surface area contributed by atoms with Gasteiger partial charge in [-0.05, 0) is 38.5 Å². The Morgan fingerprint density at radius 2 is 2.10 bits per heavy atom. The van der Waals surface area contributed by atoms with Gasteiger partial charge in [-0.2, -0.15) is 0 Å². The number of rotatable bonds is 6. The summed E-state index contributed by atoms with van der Waals surface area (Å²) in [7, 11) is 0. The molecule has 5 nitrogen and oxygen atoms in total. The summed E-state index contributed by atoms with van der Waals surface area (Å²) in [5.74, 6) is -0.00667. The second-order valence-corrected chi connectivity index (χ2v) is 6.14. The van der Waals surface area contributed by atoms with Crippen molar-refractivity contribution in [2.24, 2.45) is 11.3 Å². The Morgan fingerprint density at radius 1 is 1.40 bits per heavy atom. The highest BCUT2D eigenvalue weighted by Gasteiger charge is 2.42. The van der Waals surface area contributed by atoms with Crippen LogP contribution in [-0.4, -0.2) is 21.4 Å². The molecule has 5 heteroatoms. The minimum Gasteiger partial charge on any atom is -0.481 e. The lowest BCUT2D eigenvalue weighted by molar-refractivity contribution is -0.151. The average Bonchev–Trinajstić information content (AvgIpc) is 2.83. The van der Waals surface area contributed by atoms with E-state index >= 15 is 0 Å². The number of aromatic nitrogens is 2. The number of aryl methyl sites for hydroxylation is 1. The minimum absolute atomic E-state index is 0.443. The van der Waals surface area contributed by atoms with Crippen LogP contribution in [0.2, 0.25) is 0 Å². The Labute approximate surface area is 119 Å². The minimum atomic E-state index is -0.700. The van der Waals surface area contributed by atoms with E-state index in [4.69, 9.17) is 4.63 Å². The third-order valence-corrected chi connectivity index (χ3v) is 4.73. The van der Waals surface area contributed by atoms with Crippen LogP contribution in [0.4, 0.5) is 0 Å². The van der Waals surface area contributed by atoms with E-state index in [-0.39, 0.29) is 0 Å². The van der Waals surface area contributed by atoms with Crippen molar-refractivity contribution in [3.63, 3.8) is 0 Å². The van der Waals surface area contributed by atoms with Gasteiger partial charge in [0.05, 0.1) is 5.41 Å². The second-order valence-electron chi connectivity index (χ2n) is 6.14. The summed E-state index contributed by atoms with van der Waals surface area (Å²) < 4.78 is 4.69. The van der Waals surface area contributed by atoms with Crippen molar-refractivity contribution in [2.75, 3.05) is 0 Å². The van der Waals surface area contributed by atoms with Crippen molar-refractivity contribution in [3.05, 3.63) is 11.4 Å². The molecule has 112 valence electrons. The van der Waals surface area contributed by atoms with Crippen molar-refractivity contribution in [2.45, 2.75) is 65.2 Å². The molecule has 0 amide bonds. The first-order chi connectivity index (χ1) is 9.57. The van der Waals surface area contributed by atoms with Crippen LogP contribution in [0.1, 0.15) is 63.3 Å². The molecule has 0 bridgehead atoms. The van der Waals surface area contributed by atoms with Crippen LogP contribution in [0, 0.1) is 18.3 Å². The fourth-order valence-electron chi connectivity index (χ4n) is 3.21. The van der Waals surface area contributed by atoms with Gasteiger partial charge in [0.15, 0.2) is 0 Å². The van der Waals surface area contributed by atoms with Gasteiger partial charge in [0.1, 0.15) is 11.4 Å². The first kappa shape index (κ1) is 15.0. The Bertz CT molecular complexity index is 448. The second kappa shape index (κ2) is 6.37. The SMILES string of the molecule is CCCCC1CCC(Cc2nonc2C)(C(=O)O)CC1. The number of aliphatic carboxylic acids is 1. The maximum atomic E-state index is 11.8. The highest BCUT2D eigenvalue weighted by molar-refractivity contribution is 5.75. The van der Waals surface area contributed by atoms with E-state index in [0.29, 0.717) is 23.7 Å². The third kappa shape index (κ3) is 3.19. The number of carboxylic acid groups (broad SMARTS) is 1. The van der Waals surface area contributed by atoms with Gasteiger partial charge in [0.2, 0.25) is 0 Å². The van der Waals surface area contributed by atoms with Gasteiger partial charge in [-0.25, -0.2) is 4.63 Å². The first-order valence-corrected chi connectivity index (χ1v) is 7.59. The van der Waals surface area contributed by atoms with Crippen molar-refractivity contribution in [1.82, 2.24) is 10.3 Å². The fraction of sp³-hybridized carbons (Fsp3) is 0.800. The first-order valence-electron chi connectivity index (χ1n) is 7.59. The fourth-order valence-corrected chi connectivity index (χ4v) is 3.21. The van der Waals surface area contributed by atoms with E-state index in [2.05, 4.69) is 17.2 Å². The number of unbranched alkanes of at least 4 members (excludes halogenated alkanes) is 1. The van der Waals surface area contributed by atoms with Crippen LogP contribution in [0.25, 0.3) is 0 Å². The molecule has 20 heavy (non-hydrogen) atoms. The van der Waals surface area contributed by atoms with Gasteiger partial charge >= 0.3 is 5.97 Å². The molecule has 0 aliphatic heterocycles. The molecule has 2 rings (SSSR count). The van der Waals surface area contributed by atoms with Crippen LogP contribution in [0.5, 0.6) is 0 Å². The molecule has 1 fully saturated rings. The largest absolute Gasteiger partial charge is 0.481 e. The average molecular weight is 280 g/mol. The van der Waals surface area contributed by atoms with Crippen LogP contribution in [0.15, 0.2) is 4.63 Å². The Balaban J connectivity index is 2.02. The highest BCUT2D eigenvalue weighted by Crippen LogP contribution is 2.43. The van der Waals surface area contributed by atoms with Crippen molar-refractivity contribution in [3.8, 4) is 0 Å². The molecule has 1 aromatic heterocycles. The predicted octanol–water partition coefficient (Wildman–Crippen LogP) is 3.37. The van der Waals surface area contributed by atoms with Crippen molar-refractivity contribution < 1.29 is 14.5 Å². The molecular weight excluding hydrogens is 256 g/mol. The summed E-state index contributed by atoms with van der Waals surface area (Å²) in [6, 6.07) is 0. The lowest BCUT2D eigenvalue weighted by Crippen LogP contribution is -2.37. The molecule has 1 aromatic rings. The summed E-state index contributed by atoms with van der Waals surface area (Å²) in [5, 5.41) is 17.3. The molecule has 0 radical (unpaired) electrons. The smallest absolute Gasteiger partial charge is 0.310 e. The zero-order chi connectivity index (χ0) is 14.6. The number of carbonyl (C=O) groups is 1. The lowest BCUT2D eigenvalue weighted by Gasteiger charge is -2.36. The molecule has 0 atom stereocenters. The van der Waals surface area contributed by atoms with E-state index in [1.165, 1.54) is 19.3 Å². The zero-order valence-corrected chi connectivity index (χ0v) is 12.4. The molecule has 1 aliphatic carbocycles. The highest BCUT2D eigenvalue weighted by atomic mass is 16.6. The molecule has 1 N–H and O–H groups in total. The summed E-state index contributed by atoms with van der Waals surface area (Å²) in [5.41, 5.74) is 0.726. The Kier molecular flexibility index (Phi) is 4.78. The molecule has 0 unspecified atom stereocenters. The maximum absolute atomic E-state index is 11.8. The van der Waals surface area contributed by atoms with Crippen molar-refractivity contribution in [1.29, 1.82) is 0 Å². The van der Waals surface area contributed by atoms with Gasteiger partial charge in [-0.1, -0.05) is 36.5 Å². The molecular formula is C15H24N2O3. The summed E-state index contributed by atoms with van der Waals surface area (Å²) in [4.78, 5) is 11.8. The molecule has 1 heterocycles. The molecule has 0 aromatic carbocycles. The van der Waals surface area contributed by atoms with Crippen LogP contribution in [0.3, 0.4) is 0 Å². The number of hydrogen-bond acceptors (Lipinski definition) is 4. The van der Waals surface area contributed by atoms with E-state index in [9.17, 15) is 9.90 Å². The van der Waals surface area contributed by atoms with Crippen molar-refractivity contribution >= 4 is 5.97 Å². The van der Waals surface area contributed by atoms with Crippen LogP contribution >= 0.6 is 0 Å². The van der Waals surface area contributed by atoms with Gasteiger partial charge in [-0.3, -0.25) is 4.79 Å². The summed E-state index contributed by atoms with van der Waals surface area (Å²) in [6.07, 6.45) is 7.63. The standard InChI is InChI=1S/C15H24N2O3/c1-3-4-5-12-6-8-15(9-7-12,14(18)19)10-13-11(2)16-20-17-13/h12H,3-10H2,1-2H3,(H,18,19). The quantitative estimate of drug-likeness (QED) is 0.864. The summed E-state index contributed by atoms with van der Waals surface area (Å²) >= 11 is 0. The van der Waals surface area contributed by atoms with E-state index < -0.39 is 11.4 Å². The van der Waals surface area contributed by atoms with Gasteiger partial charge in [0, 0.05) is 6.42 Å². The van der Waals surface area contributed by atoms with E-state index in [1.54, 1.807) is 0 Å². The van der Waals surface area contributed by atoms with Gasteiger partial charge in [0.25, 0.3) is 0 Å². The predicted molar refractivity (Wildman–Crippen MR) is 74.3 cm³/mol. The number of carboxylic acids is 1. The number of nitrogens with zero attached hydrogens (tertiary/aromatic N) is 2. The monoisotopic (exact) mass is 280 g/mol. The molecule has 0 spiro atoms. The summed E-state index contributed by atoms with van der Waals surface area (Å²) in [6.45, 7) is 4.01. The van der Waals surface area contributed by atoms with Crippen LogP contribution < -0.4 is 0 Å². The normalized spacial score (nSPS) is 26.6. The number of hydrogen-bond donors (Lipinski definition) is 1. The maximum Gasteiger partial charge on any atom is 0.310 e. The van der Waals surface area contributed by atoms with E-state index in [0.717, 1.165) is 25.7 Å².